The number of rotatable bonds is 12. The number of ether oxygens (including phenoxy) is 1. The highest BCUT2D eigenvalue weighted by molar-refractivity contribution is 7.46. The van der Waals surface area contributed by atoms with Gasteiger partial charge in [-0.05, 0) is 44.9 Å². The van der Waals surface area contributed by atoms with Crippen molar-refractivity contribution in [3.8, 4) is 5.75 Å². The summed E-state index contributed by atoms with van der Waals surface area (Å²) in [5, 5.41) is 2.82. The monoisotopic (exact) mass is 415 g/mol. The first-order valence-corrected chi connectivity index (χ1v) is 11.3. The Morgan fingerprint density at radius 1 is 1.18 bits per heavy atom. The van der Waals surface area contributed by atoms with Crippen molar-refractivity contribution in [2.45, 2.75) is 77.9 Å². The molecule has 1 atom stereocenters. The number of hydrogen-bond donors (Lipinski definition) is 3. The van der Waals surface area contributed by atoms with E-state index in [9.17, 15) is 9.36 Å². The average molecular weight is 415 g/mol. The second-order valence-electron chi connectivity index (χ2n) is 7.86. The van der Waals surface area contributed by atoms with Crippen LogP contribution in [-0.4, -0.2) is 27.9 Å². The van der Waals surface area contributed by atoms with Crippen LogP contribution in [0.2, 0.25) is 0 Å². The van der Waals surface area contributed by atoms with E-state index in [2.05, 4.69) is 16.8 Å². The van der Waals surface area contributed by atoms with Crippen LogP contribution in [0.1, 0.15) is 77.8 Å². The summed E-state index contributed by atoms with van der Waals surface area (Å²) in [4.78, 5) is 30.4. The van der Waals surface area contributed by atoms with Gasteiger partial charge in [-0.25, -0.2) is 4.57 Å². The molecule has 0 aliphatic carbocycles. The molecule has 28 heavy (non-hydrogen) atoms. The normalized spacial score (nSPS) is 13.2. The highest BCUT2D eigenvalue weighted by Crippen LogP contribution is 2.37. The minimum Gasteiger partial charge on any atom is -0.488 e. The predicted molar refractivity (Wildman–Crippen MR) is 109 cm³/mol. The van der Waals surface area contributed by atoms with Crippen LogP contribution in [-0.2, 0) is 13.9 Å². The van der Waals surface area contributed by atoms with Gasteiger partial charge in [0.05, 0.1) is 12.6 Å². The maximum atomic E-state index is 12.3. The van der Waals surface area contributed by atoms with Gasteiger partial charge in [0.2, 0.25) is 5.91 Å². The van der Waals surface area contributed by atoms with E-state index in [1.54, 1.807) is 24.3 Å². The zero-order chi connectivity index (χ0) is 21.2. The van der Waals surface area contributed by atoms with Gasteiger partial charge >= 0.3 is 7.82 Å². The highest BCUT2D eigenvalue weighted by atomic mass is 31.2. The topological polar surface area (TPSA) is 105 Å². The van der Waals surface area contributed by atoms with E-state index in [0.717, 1.165) is 32.1 Å². The molecular formula is C20H34NO6P. The molecule has 0 heterocycles. The number of carbonyl (C=O) groups excluding carboxylic acids is 1. The minimum absolute atomic E-state index is 0.169. The molecule has 1 unspecified atom stereocenters. The van der Waals surface area contributed by atoms with Gasteiger partial charge in [0.1, 0.15) is 11.4 Å². The molecule has 0 aliphatic heterocycles. The lowest BCUT2D eigenvalue weighted by Gasteiger charge is -2.24. The quantitative estimate of drug-likeness (QED) is 0.343. The SMILES string of the molecule is CCCCCCCC(=O)NC(COP(=O)(O)O)c1cccc(OC(C)(C)C)c1. The van der Waals surface area contributed by atoms with Crippen LogP contribution >= 0.6 is 7.82 Å². The van der Waals surface area contributed by atoms with Crippen molar-refractivity contribution >= 4 is 13.7 Å². The summed E-state index contributed by atoms with van der Waals surface area (Å²) in [6.45, 7) is 7.58. The van der Waals surface area contributed by atoms with Crippen LogP contribution in [0.3, 0.4) is 0 Å². The molecule has 7 nitrogen and oxygen atoms in total. The first-order chi connectivity index (χ1) is 13.0. The van der Waals surface area contributed by atoms with Crippen molar-refractivity contribution in [1.29, 1.82) is 0 Å². The standard InChI is InChI=1S/C20H34NO6P/c1-5-6-7-8-9-13-19(22)21-18(15-26-28(23,24)25)16-11-10-12-17(14-16)27-20(2,3)4/h10-12,14,18H,5-9,13,15H2,1-4H3,(H,21,22)(H2,23,24,25). The summed E-state index contributed by atoms with van der Waals surface area (Å²) in [7, 11) is -4.65. The van der Waals surface area contributed by atoms with E-state index < -0.39 is 19.5 Å². The van der Waals surface area contributed by atoms with Crippen molar-refractivity contribution in [3.05, 3.63) is 29.8 Å². The molecule has 1 amide bonds. The van der Waals surface area contributed by atoms with E-state index in [1.165, 1.54) is 0 Å². The zero-order valence-electron chi connectivity index (χ0n) is 17.3. The van der Waals surface area contributed by atoms with E-state index >= 15 is 0 Å². The molecule has 160 valence electrons. The number of phosphoric acid groups is 1. The Morgan fingerprint density at radius 3 is 2.46 bits per heavy atom. The van der Waals surface area contributed by atoms with Crippen LogP contribution in [0.5, 0.6) is 5.75 Å². The Bertz CT molecular complexity index is 652. The zero-order valence-corrected chi connectivity index (χ0v) is 18.2. The predicted octanol–water partition coefficient (Wildman–Crippen LogP) is 4.49. The maximum Gasteiger partial charge on any atom is 0.469 e. The van der Waals surface area contributed by atoms with E-state index in [0.29, 0.717) is 17.7 Å². The first kappa shape index (κ1) is 24.6. The Morgan fingerprint density at radius 2 is 1.86 bits per heavy atom. The molecule has 1 rings (SSSR count). The van der Waals surface area contributed by atoms with Gasteiger partial charge in [0, 0.05) is 6.42 Å². The molecule has 8 heteroatoms. The summed E-state index contributed by atoms with van der Waals surface area (Å²) in [6, 6.07) is 6.41. The van der Waals surface area contributed by atoms with Crippen molar-refractivity contribution in [2.75, 3.05) is 6.61 Å². The number of unbranched alkanes of at least 4 members (excludes halogenated alkanes) is 4. The fraction of sp³-hybridized carbons (Fsp3) is 0.650. The van der Waals surface area contributed by atoms with Gasteiger partial charge in [-0.2, -0.15) is 0 Å². The third-order valence-corrected chi connectivity index (χ3v) is 4.42. The molecule has 0 bridgehead atoms. The van der Waals surface area contributed by atoms with Gasteiger partial charge < -0.3 is 19.8 Å². The fourth-order valence-electron chi connectivity index (χ4n) is 2.70. The van der Waals surface area contributed by atoms with Gasteiger partial charge in [0.15, 0.2) is 0 Å². The highest BCUT2D eigenvalue weighted by Gasteiger charge is 2.22. The third-order valence-electron chi connectivity index (χ3n) is 3.94. The number of nitrogens with one attached hydrogen (secondary N) is 1. The van der Waals surface area contributed by atoms with Crippen LogP contribution in [0, 0.1) is 0 Å². The molecule has 0 spiro atoms. The second-order valence-corrected chi connectivity index (χ2v) is 9.10. The van der Waals surface area contributed by atoms with Gasteiger partial charge in [-0.1, -0.05) is 44.7 Å². The number of phosphoric ester groups is 1. The van der Waals surface area contributed by atoms with Gasteiger partial charge in [-0.15, -0.1) is 0 Å². The molecule has 0 saturated heterocycles. The summed E-state index contributed by atoms with van der Waals surface area (Å²) < 4.78 is 21.6. The molecule has 1 aromatic rings. The summed E-state index contributed by atoms with van der Waals surface area (Å²) in [5.41, 5.74) is 0.271. The van der Waals surface area contributed by atoms with Gasteiger partial charge in [-0.3, -0.25) is 9.32 Å². The third kappa shape index (κ3) is 11.4. The smallest absolute Gasteiger partial charge is 0.469 e. The molecule has 0 saturated carbocycles. The molecule has 3 N–H and O–H groups in total. The summed E-state index contributed by atoms with van der Waals surface area (Å²) in [6.07, 6.45) is 5.53. The Hall–Kier alpha value is -1.40. The largest absolute Gasteiger partial charge is 0.488 e. The molecule has 0 aromatic heterocycles. The number of benzene rings is 1. The van der Waals surface area contributed by atoms with Crippen LogP contribution in [0.25, 0.3) is 0 Å². The Kier molecular flexibility index (Phi) is 10.2. The summed E-state index contributed by atoms with van der Waals surface area (Å²) in [5.74, 6) is 0.443. The van der Waals surface area contributed by atoms with Crippen LogP contribution < -0.4 is 10.1 Å². The Labute approximate surface area is 168 Å². The van der Waals surface area contributed by atoms with Crippen LogP contribution in [0.15, 0.2) is 24.3 Å². The number of amides is 1. The lowest BCUT2D eigenvalue weighted by Crippen LogP contribution is -2.31. The molecule has 0 fully saturated rings. The van der Waals surface area contributed by atoms with Crippen molar-refractivity contribution in [3.63, 3.8) is 0 Å². The minimum atomic E-state index is -4.65. The molecule has 1 aromatic carbocycles. The fourth-order valence-corrected chi connectivity index (χ4v) is 3.04. The number of hydrogen-bond acceptors (Lipinski definition) is 4. The van der Waals surface area contributed by atoms with Crippen molar-refractivity contribution in [1.82, 2.24) is 5.32 Å². The van der Waals surface area contributed by atoms with Crippen molar-refractivity contribution < 1.29 is 28.4 Å². The van der Waals surface area contributed by atoms with E-state index in [-0.39, 0.29) is 12.5 Å². The number of carbonyl (C=O) groups is 1. The second kappa shape index (κ2) is 11.6. The van der Waals surface area contributed by atoms with Crippen LogP contribution in [0.4, 0.5) is 0 Å². The van der Waals surface area contributed by atoms with Gasteiger partial charge in [0.25, 0.3) is 0 Å². The van der Waals surface area contributed by atoms with Crippen molar-refractivity contribution in [2.24, 2.45) is 0 Å². The summed E-state index contributed by atoms with van der Waals surface area (Å²) >= 11 is 0. The maximum absolute atomic E-state index is 12.3. The molecular weight excluding hydrogens is 381 g/mol. The average Bonchev–Trinajstić information content (AvgIpc) is 2.56. The lowest BCUT2D eigenvalue weighted by atomic mass is 10.1. The van der Waals surface area contributed by atoms with E-state index in [4.69, 9.17) is 14.5 Å². The Balaban J connectivity index is 2.80. The molecule has 0 aliphatic rings. The molecule has 0 radical (unpaired) electrons. The van der Waals surface area contributed by atoms with E-state index in [1.807, 2.05) is 20.8 Å². The lowest BCUT2D eigenvalue weighted by molar-refractivity contribution is -0.122. The first-order valence-electron chi connectivity index (χ1n) is 9.78.